The molecule has 2 rings (SSSR count). The molecule has 1 unspecified atom stereocenters. The Kier molecular flexibility index (Phi) is 3.64. The van der Waals surface area contributed by atoms with Gasteiger partial charge < -0.3 is 16.2 Å². The summed E-state index contributed by atoms with van der Waals surface area (Å²) in [4.78, 5) is 12.0. The molecule has 0 bridgehead atoms. The quantitative estimate of drug-likeness (QED) is 0.738. The van der Waals surface area contributed by atoms with Gasteiger partial charge in [-0.15, -0.1) is 0 Å². The molecule has 1 atom stereocenters. The van der Waals surface area contributed by atoms with Gasteiger partial charge >= 0.3 is 0 Å². The van der Waals surface area contributed by atoms with Crippen LogP contribution in [-0.4, -0.2) is 23.1 Å². The summed E-state index contributed by atoms with van der Waals surface area (Å²) in [6.45, 7) is 1.85. The van der Waals surface area contributed by atoms with Crippen molar-refractivity contribution in [2.45, 2.75) is 25.3 Å². The number of carbonyl (C=O) groups is 1. The van der Waals surface area contributed by atoms with Crippen molar-refractivity contribution in [3.63, 3.8) is 0 Å². The molecule has 0 saturated heterocycles. The molecule has 1 aromatic carbocycles. The number of rotatable bonds is 4. The van der Waals surface area contributed by atoms with E-state index in [1.165, 1.54) is 0 Å². The molecule has 0 spiro atoms. The fourth-order valence-electron chi connectivity index (χ4n) is 2.12. The number of nitrogens with two attached hydrogens (primary N) is 1. The second kappa shape index (κ2) is 4.97. The number of amides is 1. The highest BCUT2D eigenvalue weighted by Gasteiger charge is 2.42. The van der Waals surface area contributed by atoms with Gasteiger partial charge in [0.1, 0.15) is 0 Å². The molecule has 1 aliphatic carbocycles. The molecule has 0 heterocycles. The molecule has 4 N–H and O–H groups in total. The maximum absolute atomic E-state index is 13.6. The van der Waals surface area contributed by atoms with Gasteiger partial charge in [-0.3, -0.25) is 4.79 Å². The Balaban J connectivity index is 2.30. The highest BCUT2D eigenvalue weighted by Crippen LogP contribution is 2.39. The zero-order valence-electron chi connectivity index (χ0n) is 10.8. The average Bonchev–Trinajstić information content (AvgIpc) is 3.25. The topological polar surface area (TPSA) is 75.3 Å². The van der Waals surface area contributed by atoms with Crippen molar-refractivity contribution in [2.24, 2.45) is 11.7 Å². The molecule has 0 aromatic heterocycles. The first-order valence-electron chi connectivity index (χ1n) is 6.19. The molecule has 110 valence electrons. The van der Waals surface area contributed by atoms with Crippen LogP contribution in [0.1, 0.15) is 30.1 Å². The smallest absolute Gasteiger partial charge is 0.254 e. The van der Waals surface area contributed by atoms with Crippen LogP contribution in [0.25, 0.3) is 0 Å². The zero-order valence-corrected chi connectivity index (χ0v) is 10.8. The predicted octanol–water partition coefficient (Wildman–Crippen LogP) is 1.67. The number of hydrogen-bond donors (Lipinski definition) is 3. The number of phenols is 1. The van der Waals surface area contributed by atoms with E-state index < -0.39 is 40.2 Å². The van der Waals surface area contributed by atoms with E-state index in [2.05, 4.69) is 5.32 Å². The highest BCUT2D eigenvalue weighted by molar-refractivity contribution is 5.95. The summed E-state index contributed by atoms with van der Waals surface area (Å²) in [7, 11) is 0. The molecule has 20 heavy (non-hydrogen) atoms. The summed E-state index contributed by atoms with van der Waals surface area (Å²) in [6.07, 6.45) is 1.78. The summed E-state index contributed by atoms with van der Waals surface area (Å²) in [5.74, 6) is -6.96. The van der Waals surface area contributed by atoms with Crippen LogP contribution >= 0.6 is 0 Å². The van der Waals surface area contributed by atoms with Crippen molar-refractivity contribution >= 4 is 5.91 Å². The fraction of sp³-hybridized carbons (Fsp3) is 0.462. The number of aromatic hydroxyl groups is 1. The van der Waals surface area contributed by atoms with E-state index in [1.807, 2.05) is 0 Å². The first kappa shape index (κ1) is 14.6. The van der Waals surface area contributed by atoms with E-state index in [9.17, 15) is 18.0 Å². The standard InChI is InChI=1S/C13H15F3N2O2/c1-13(5-17,6-2-3-6)18-12(20)7-4-8(14)10(16)11(19)9(7)15/h4,6,19H,2-3,5,17H2,1H3,(H,18,20). The molecule has 0 aliphatic heterocycles. The molecule has 4 nitrogen and oxygen atoms in total. The highest BCUT2D eigenvalue weighted by atomic mass is 19.2. The lowest BCUT2D eigenvalue weighted by molar-refractivity contribution is 0.0892. The summed E-state index contributed by atoms with van der Waals surface area (Å²) in [5.41, 5.74) is 4.12. The molecule has 1 aromatic rings. The largest absolute Gasteiger partial charge is 0.503 e. The van der Waals surface area contributed by atoms with Gasteiger partial charge in [0.2, 0.25) is 5.82 Å². The number of phenolic OH excluding ortho intramolecular Hbond substituents is 1. The lowest BCUT2D eigenvalue weighted by atomic mass is 9.95. The molecular formula is C13H15F3N2O2. The minimum atomic E-state index is -1.72. The van der Waals surface area contributed by atoms with E-state index in [-0.39, 0.29) is 12.5 Å². The lowest BCUT2D eigenvalue weighted by Gasteiger charge is -2.29. The van der Waals surface area contributed by atoms with Crippen molar-refractivity contribution < 1.29 is 23.1 Å². The van der Waals surface area contributed by atoms with Crippen LogP contribution in [-0.2, 0) is 0 Å². The summed E-state index contributed by atoms with van der Waals surface area (Å²) in [5, 5.41) is 11.6. The maximum atomic E-state index is 13.6. The molecule has 7 heteroatoms. The maximum Gasteiger partial charge on any atom is 0.254 e. The summed E-state index contributed by atoms with van der Waals surface area (Å²) in [6, 6.07) is 0.420. The van der Waals surface area contributed by atoms with Crippen molar-refractivity contribution in [2.75, 3.05) is 6.54 Å². The normalized spacial score (nSPS) is 17.6. The molecule has 1 saturated carbocycles. The predicted molar refractivity (Wildman–Crippen MR) is 65.6 cm³/mol. The minimum Gasteiger partial charge on any atom is -0.503 e. The van der Waals surface area contributed by atoms with Gasteiger partial charge in [-0.25, -0.2) is 8.78 Å². The molecule has 1 fully saturated rings. The Morgan fingerprint density at radius 1 is 1.45 bits per heavy atom. The second-order valence-corrected chi connectivity index (χ2v) is 5.23. The van der Waals surface area contributed by atoms with Gasteiger partial charge in [0.15, 0.2) is 17.4 Å². The van der Waals surface area contributed by atoms with Gasteiger partial charge in [0.05, 0.1) is 11.1 Å². The Morgan fingerprint density at radius 2 is 2.05 bits per heavy atom. The number of carbonyl (C=O) groups excluding carboxylic acids is 1. The van der Waals surface area contributed by atoms with Crippen LogP contribution in [0.5, 0.6) is 5.75 Å². The monoisotopic (exact) mass is 288 g/mol. The van der Waals surface area contributed by atoms with Crippen LogP contribution in [0.3, 0.4) is 0 Å². The Labute approximate surface area is 113 Å². The third-order valence-corrected chi connectivity index (χ3v) is 3.68. The van der Waals surface area contributed by atoms with E-state index in [4.69, 9.17) is 10.8 Å². The van der Waals surface area contributed by atoms with E-state index in [0.29, 0.717) is 6.07 Å². The molecular weight excluding hydrogens is 273 g/mol. The van der Waals surface area contributed by atoms with Crippen molar-refractivity contribution in [3.05, 3.63) is 29.1 Å². The van der Waals surface area contributed by atoms with Crippen molar-refractivity contribution in [1.82, 2.24) is 5.32 Å². The third-order valence-electron chi connectivity index (χ3n) is 3.68. The van der Waals surface area contributed by atoms with Crippen molar-refractivity contribution in [3.8, 4) is 5.75 Å². The number of benzene rings is 1. The average molecular weight is 288 g/mol. The molecule has 1 amide bonds. The Morgan fingerprint density at radius 3 is 2.55 bits per heavy atom. The number of nitrogens with one attached hydrogen (secondary N) is 1. The third kappa shape index (κ3) is 2.45. The van der Waals surface area contributed by atoms with Gasteiger partial charge in [-0.1, -0.05) is 0 Å². The van der Waals surface area contributed by atoms with Crippen LogP contribution in [0, 0.1) is 23.4 Å². The first-order chi connectivity index (χ1) is 9.30. The minimum absolute atomic E-state index is 0.140. The van der Waals surface area contributed by atoms with Gasteiger partial charge in [0.25, 0.3) is 5.91 Å². The Bertz CT molecular complexity index is 561. The van der Waals surface area contributed by atoms with Crippen LogP contribution in [0.4, 0.5) is 13.2 Å². The lowest BCUT2D eigenvalue weighted by Crippen LogP contribution is -2.53. The van der Waals surface area contributed by atoms with Gasteiger partial charge in [-0.05, 0) is 31.7 Å². The van der Waals surface area contributed by atoms with Gasteiger partial charge in [-0.2, -0.15) is 4.39 Å². The Hall–Kier alpha value is -1.76. The molecule has 1 aliphatic rings. The van der Waals surface area contributed by atoms with E-state index >= 15 is 0 Å². The fourth-order valence-corrected chi connectivity index (χ4v) is 2.12. The van der Waals surface area contributed by atoms with Crippen LogP contribution in [0.2, 0.25) is 0 Å². The van der Waals surface area contributed by atoms with Crippen LogP contribution < -0.4 is 11.1 Å². The van der Waals surface area contributed by atoms with Gasteiger partial charge in [0, 0.05) is 6.54 Å². The number of hydrogen-bond acceptors (Lipinski definition) is 3. The first-order valence-corrected chi connectivity index (χ1v) is 6.19. The SMILES string of the molecule is CC(CN)(NC(=O)c1cc(F)c(F)c(O)c1F)C1CC1. The zero-order chi connectivity index (χ0) is 15.1. The van der Waals surface area contributed by atoms with E-state index in [1.54, 1.807) is 6.92 Å². The second-order valence-electron chi connectivity index (χ2n) is 5.23. The summed E-state index contributed by atoms with van der Waals surface area (Å²) < 4.78 is 39.8. The number of halogens is 3. The molecule has 0 radical (unpaired) electrons. The summed E-state index contributed by atoms with van der Waals surface area (Å²) >= 11 is 0. The van der Waals surface area contributed by atoms with Crippen LogP contribution in [0.15, 0.2) is 6.07 Å². The van der Waals surface area contributed by atoms with E-state index in [0.717, 1.165) is 12.8 Å². The van der Waals surface area contributed by atoms with Crippen molar-refractivity contribution in [1.29, 1.82) is 0 Å².